The highest BCUT2D eigenvalue weighted by molar-refractivity contribution is 7.99. The van der Waals surface area contributed by atoms with E-state index in [-0.39, 0.29) is 17.9 Å². The van der Waals surface area contributed by atoms with E-state index in [0.717, 1.165) is 16.5 Å². The molecule has 1 aliphatic heterocycles. The van der Waals surface area contributed by atoms with Crippen LogP contribution in [0.3, 0.4) is 0 Å². The molecule has 1 aliphatic rings. The SMILES string of the molecule is CCN(C)C(=O)[C@H]1CSCN1C(=O)CCc1ccc2[nH]ccc2c1. The van der Waals surface area contributed by atoms with Crippen LogP contribution in [-0.4, -0.2) is 57.9 Å². The van der Waals surface area contributed by atoms with Gasteiger partial charge in [0.05, 0.1) is 5.88 Å². The lowest BCUT2D eigenvalue weighted by Crippen LogP contribution is -2.47. The van der Waals surface area contributed by atoms with Gasteiger partial charge < -0.3 is 14.8 Å². The third-order valence-electron chi connectivity index (χ3n) is 4.58. The van der Waals surface area contributed by atoms with Crippen LogP contribution in [0, 0.1) is 0 Å². The molecule has 2 aromatic rings. The molecule has 24 heavy (non-hydrogen) atoms. The lowest BCUT2D eigenvalue weighted by atomic mass is 10.1. The third kappa shape index (κ3) is 3.43. The van der Waals surface area contributed by atoms with E-state index in [2.05, 4.69) is 17.1 Å². The van der Waals surface area contributed by atoms with E-state index in [1.165, 1.54) is 0 Å². The number of thioether (sulfide) groups is 1. The van der Waals surface area contributed by atoms with Gasteiger partial charge in [-0.1, -0.05) is 6.07 Å². The summed E-state index contributed by atoms with van der Waals surface area (Å²) in [7, 11) is 1.79. The number of H-pyrrole nitrogens is 1. The number of amides is 2. The number of aryl methyl sites for hydroxylation is 1. The molecule has 6 heteroatoms. The Morgan fingerprint density at radius 1 is 1.38 bits per heavy atom. The van der Waals surface area contributed by atoms with Gasteiger partial charge in [-0.3, -0.25) is 9.59 Å². The van der Waals surface area contributed by atoms with E-state index < -0.39 is 0 Å². The lowest BCUT2D eigenvalue weighted by Gasteiger charge is -2.26. The smallest absolute Gasteiger partial charge is 0.245 e. The Bertz CT molecular complexity index is 743. The molecule has 1 saturated heterocycles. The highest BCUT2D eigenvalue weighted by Gasteiger charge is 2.35. The fraction of sp³-hybridized carbons (Fsp3) is 0.444. The Hall–Kier alpha value is -1.95. The molecule has 3 rings (SSSR count). The first-order valence-corrected chi connectivity index (χ1v) is 9.44. The number of aromatic nitrogens is 1. The van der Waals surface area contributed by atoms with Crippen molar-refractivity contribution < 1.29 is 9.59 Å². The fourth-order valence-corrected chi connectivity index (χ4v) is 4.13. The van der Waals surface area contributed by atoms with Gasteiger partial charge in [0.2, 0.25) is 11.8 Å². The molecule has 1 atom stereocenters. The van der Waals surface area contributed by atoms with Crippen LogP contribution in [0.4, 0.5) is 0 Å². The van der Waals surface area contributed by atoms with Gasteiger partial charge in [0.15, 0.2) is 0 Å². The molecule has 0 radical (unpaired) electrons. The van der Waals surface area contributed by atoms with Crippen molar-refractivity contribution in [1.29, 1.82) is 0 Å². The number of likely N-dealkylation sites (N-methyl/N-ethyl adjacent to an activating group) is 1. The molecular formula is C18H23N3O2S. The second kappa shape index (κ2) is 7.30. The molecule has 0 spiro atoms. The average molecular weight is 345 g/mol. The molecule has 1 aromatic heterocycles. The van der Waals surface area contributed by atoms with Crippen LogP contribution in [0.2, 0.25) is 0 Å². The van der Waals surface area contributed by atoms with Gasteiger partial charge in [-0.05, 0) is 42.5 Å². The topological polar surface area (TPSA) is 56.4 Å². The summed E-state index contributed by atoms with van der Waals surface area (Å²) in [5.41, 5.74) is 2.25. The molecule has 2 amide bonds. The first-order chi connectivity index (χ1) is 11.6. The molecule has 0 saturated carbocycles. The van der Waals surface area contributed by atoms with Crippen LogP contribution in [0.25, 0.3) is 10.9 Å². The van der Waals surface area contributed by atoms with Crippen molar-refractivity contribution in [3.63, 3.8) is 0 Å². The lowest BCUT2D eigenvalue weighted by molar-refractivity contribution is -0.142. The largest absolute Gasteiger partial charge is 0.361 e. The summed E-state index contributed by atoms with van der Waals surface area (Å²) < 4.78 is 0. The number of hydrogen-bond acceptors (Lipinski definition) is 3. The van der Waals surface area contributed by atoms with Crippen LogP contribution >= 0.6 is 11.8 Å². The summed E-state index contributed by atoms with van der Waals surface area (Å²) in [6.07, 6.45) is 3.06. The summed E-state index contributed by atoms with van der Waals surface area (Å²) in [6.45, 7) is 2.61. The predicted molar refractivity (Wildman–Crippen MR) is 97.9 cm³/mol. The van der Waals surface area contributed by atoms with Crippen molar-refractivity contribution >= 4 is 34.5 Å². The predicted octanol–water partition coefficient (Wildman–Crippen LogP) is 2.48. The highest BCUT2D eigenvalue weighted by atomic mass is 32.2. The minimum absolute atomic E-state index is 0.0459. The second-order valence-electron chi connectivity index (χ2n) is 6.13. The van der Waals surface area contributed by atoms with Crippen LogP contribution in [0.5, 0.6) is 0 Å². The van der Waals surface area contributed by atoms with E-state index in [0.29, 0.717) is 31.0 Å². The number of carbonyl (C=O) groups is 2. The number of hydrogen-bond donors (Lipinski definition) is 1. The third-order valence-corrected chi connectivity index (χ3v) is 5.60. The molecule has 0 aliphatic carbocycles. The molecule has 1 N–H and O–H groups in total. The van der Waals surface area contributed by atoms with Crippen molar-refractivity contribution in [2.75, 3.05) is 25.2 Å². The van der Waals surface area contributed by atoms with Crippen molar-refractivity contribution in [3.8, 4) is 0 Å². The summed E-state index contributed by atoms with van der Waals surface area (Å²) in [4.78, 5) is 31.6. The Morgan fingerprint density at radius 3 is 3.00 bits per heavy atom. The van der Waals surface area contributed by atoms with Crippen molar-refractivity contribution in [1.82, 2.24) is 14.8 Å². The summed E-state index contributed by atoms with van der Waals surface area (Å²) >= 11 is 1.65. The van der Waals surface area contributed by atoms with E-state index in [1.54, 1.807) is 28.6 Å². The minimum atomic E-state index is -0.306. The first kappa shape index (κ1) is 16.9. The number of aromatic amines is 1. The van der Waals surface area contributed by atoms with E-state index >= 15 is 0 Å². The maximum absolute atomic E-state index is 12.6. The highest BCUT2D eigenvalue weighted by Crippen LogP contribution is 2.24. The Labute approximate surface area is 146 Å². The number of fused-ring (bicyclic) bond motifs is 1. The monoisotopic (exact) mass is 345 g/mol. The summed E-state index contributed by atoms with van der Waals surface area (Å²) in [5.74, 6) is 1.43. The van der Waals surface area contributed by atoms with E-state index in [4.69, 9.17) is 0 Å². The number of benzene rings is 1. The number of nitrogens with zero attached hydrogens (tertiary/aromatic N) is 2. The standard InChI is InChI=1S/C18H23N3O2S/c1-3-20(2)18(23)16-11-24-12-21(16)17(22)7-5-13-4-6-15-14(10-13)8-9-19-15/h4,6,8-10,16,19H,3,5,7,11-12H2,1-2H3/t16-/m1/s1. The van der Waals surface area contributed by atoms with Gasteiger partial charge in [0.25, 0.3) is 0 Å². The van der Waals surface area contributed by atoms with Gasteiger partial charge in [0.1, 0.15) is 6.04 Å². The fourth-order valence-electron chi connectivity index (χ4n) is 2.96. The van der Waals surface area contributed by atoms with E-state index in [1.807, 2.05) is 25.3 Å². The molecule has 0 unspecified atom stereocenters. The minimum Gasteiger partial charge on any atom is -0.361 e. The zero-order valence-electron chi connectivity index (χ0n) is 14.1. The van der Waals surface area contributed by atoms with E-state index in [9.17, 15) is 9.59 Å². The quantitative estimate of drug-likeness (QED) is 0.906. The van der Waals surface area contributed by atoms with Crippen molar-refractivity contribution in [3.05, 3.63) is 36.0 Å². The van der Waals surface area contributed by atoms with Crippen LogP contribution in [-0.2, 0) is 16.0 Å². The molecule has 128 valence electrons. The van der Waals surface area contributed by atoms with Crippen LogP contribution in [0.15, 0.2) is 30.5 Å². The number of rotatable bonds is 5. The van der Waals surface area contributed by atoms with Crippen LogP contribution < -0.4 is 0 Å². The normalized spacial score (nSPS) is 17.4. The zero-order valence-corrected chi connectivity index (χ0v) is 14.9. The van der Waals surface area contributed by atoms with Crippen molar-refractivity contribution in [2.45, 2.75) is 25.8 Å². The Kier molecular flexibility index (Phi) is 5.14. The molecule has 0 bridgehead atoms. The number of carbonyl (C=O) groups excluding carboxylic acids is 2. The second-order valence-corrected chi connectivity index (χ2v) is 7.13. The Balaban J connectivity index is 1.62. The molecular weight excluding hydrogens is 322 g/mol. The average Bonchev–Trinajstić information content (AvgIpc) is 3.26. The molecule has 1 aromatic carbocycles. The van der Waals surface area contributed by atoms with Gasteiger partial charge in [-0.25, -0.2) is 0 Å². The van der Waals surface area contributed by atoms with Gasteiger partial charge in [-0.2, -0.15) is 0 Å². The maximum atomic E-state index is 12.6. The number of nitrogens with one attached hydrogen (secondary N) is 1. The molecule has 5 nitrogen and oxygen atoms in total. The van der Waals surface area contributed by atoms with Gasteiger partial charge >= 0.3 is 0 Å². The zero-order chi connectivity index (χ0) is 17.1. The van der Waals surface area contributed by atoms with Crippen LogP contribution in [0.1, 0.15) is 18.9 Å². The van der Waals surface area contributed by atoms with Crippen molar-refractivity contribution in [2.24, 2.45) is 0 Å². The first-order valence-electron chi connectivity index (χ1n) is 8.28. The summed E-state index contributed by atoms with van der Waals surface area (Å²) in [5, 5.41) is 1.16. The summed E-state index contributed by atoms with van der Waals surface area (Å²) in [6, 6.07) is 7.94. The maximum Gasteiger partial charge on any atom is 0.245 e. The Morgan fingerprint density at radius 2 is 2.21 bits per heavy atom. The molecule has 1 fully saturated rings. The van der Waals surface area contributed by atoms with Gasteiger partial charge in [0, 0.05) is 37.5 Å². The molecule has 2 heterocycles. The van der Waals surface area contributed by atoms with Gasteiger partial charge in [-0.15, -0.1) is 11.8 Å².